The summed E-state index contributed by atoms with van der Waals surface area (Å²) in [7, 11) is 1.52. The molecule has 32 heavy (non-hydrogen) atoms. The average Bonchev–Trinajstić information content (AvgIpc) is 2.73. The molecule has 0 spiro atoms. The Labute approximate surface area is 181 Å². The molecular formula is C22H22F6N2O2. The highest BCUT2D eigenvalue weighted by Gasteiger charge is 2.37. The molecule has 1 fully saturated rings. The first-order chi connectivity index (χ1) is 15.0. The summed E-state index contributed by atoms with van der Waals surface area (Å²) in [5.41, 5.74) is -2.46. The van der Waals surface area contributed by atoms with Crippen molar-refractivity contribution >= 4 is 11.6 Å². The van der Waals surface area contributed by atoms with Gasteiger partial charge < -0.3 is 15.4 Å². The highest BCUT2D eigenvalue weighted by molar-refractivity contribution is 5.94. The first-order valence-electron chi connectivity index (χ1n) is 9.96. The molecule has 1 amide bonds. The Morgan fingerprint density at radius 3 is 1.81 bits per heavy atom. The zero-order chi connectivity index (χ0) is 23.5. The number of halogens is 6. The van der Waals surface area contributed by atoms with Crippen LogP contribution in [0.2, 0.25) is 0 Å². The average molecular weight is 460 g/mol. The summed E-state index contributed by atoms with van der Waals surface area (Å²) < 4.78 is 83.2. The minimum Gasteiger partial charge on any atom is -0.497 e. The number of rotatable bonds is 5. The van der Waals surface area contributed by atoms with Crippen molar-refractivity contribution in [2.75, 3.05) is 12.4 Å². The van der Waals surface area contributed by atoms with Gasteiger partial charge in [0.1, 0.15) is 5.75 Å². The van der Waals surface area contributed by atoms with E-state index in [9.17, 15) is 31.1 Å². The van der Waals surface area contributed by atoms with Crippen molar-refractivity contribution < 1.29 is 35.9 Å². The van der Waals surface area contributed by atoms with E-state index >= 15 is 0 Å². The van der Waals surface area contributed by atoms with Crippen LogP contribution >= 0.6 is 0 Å². The molecule has 10 heteroatoms. The van der Waals surface area contributed by atoms with Crippen LogP contribution in [0, 0.1) is 0 Å². The lowest BCUT2D eigenvalue weighted by atomic mass is 9.90. The predicted molar refractivity (Wildman–Crippen MR) is 107 cm³/mol. The Hall–Kier alpha value is -2.91. The minimum absolute atomic E-state index is 0.108. The Kier molecular flexibility index (Phi) is 6.90. The summed E-state index contributed by atoms with van der Waals surface area (Å²) in [4.78, 5) is 12.4. The molecule has 1 aliphatic rings. The molecule has 0 saturated heterocycles. The number of amides is 1. The van der Waals surface area contributed by atoms with Crippen molar-refractivity contribution in [2.45, 2.75) is 50.1 Å². The van der Waals surface area contributed by atoms with Gasteiger partial charge in [0.25, 0.3) is 5.91 Å². The fourth-order valence-corrected chi connectivity index (χ4v) is 3.67. The highest BCUT2D eigenvalue weighted by atomic mass is 19.4. The Bertz CT molecular complexity index is 901. The summed E-state index contributed by atoms with van der Waals surface area (Å²) in [5.74, 6) is 0.369. The van der Waals surface area contributed by atoms with Crippen LogP contribution in [0.3, 0.4) is 0 Å². The first-order valence-corrected chi connectivity index (χ1v) is 9.96. The van der Waals surface area contributed by atoms with Gasteiger partial charge in [0.15, 0.2) is 0 Å². The minimum atomic E-state index is -4.89. The van der Waals surface area contributed by atoms with Crippen LogP contribution in [-0.4, -0.2) is 25.1 Å². The number of alkyl halides is 6. The molecule has 0 aliphatic heterocycles. The van der Waals surface area contributed by atoms with E-state index in [1.165, 1.54) is 7.11 Å². The lowest BCUT2D eigenvalue weighted by molar-refractivity contribution is -0.143. The van der Waals surface area contributed by atoms with Gasteiger partial charge in [0, 0.05) is 23.3 Å². The molecule has 0 bridgehead atoms. The highest BCUT2D eigenvalue weighted by Crippen LogP contribution is 2.38. The summed E-state index contributed by atoms with van der Waals surface area (Å²) in [6, 6.07) is 7.65. The van der Waals surface area contributed by atoms with E-state index in [1.54, 1.807) is 24.3 Å². The molecule has 0 atom stereocenters. The molecule has 2 aromatic rings. The summed E-state index contributed by atoms with van der Waals surface area (Å²) in [6.45, 7) is 0. The summed E-state index contributed by atoms with van der Waals surface area (Å²) in [6.07, 6.45) is -7.70. The topological polar surface area (TPSA) is 50.4 Å². The third kappa shape index (κ3) is 6.08. The fraction of sp³-hybridized carbons (Fsp3) is 0.409. The van der Waals surface area contributed by atoms with E-state index in [-0.39, 0.29) is 29.7 Å². The Balaban J connectivity index is 1.60. The predicted octanol–water partition coefficient (Wildman–Crippen LogP) is 5.89. The molecule has 2 aromatic carbocycles. The van der Waals surface area contributed by atoms with Gasteiger partial charge in [-0.25, -0.2) is 0 Å². The number of anilines is 1. The number of hydrogen-bond acceptors (Lipinski definition) is 3. The lowest BCUT2D eigenvalue weighted by Gasteiger charge is -2.30. The van der Waals surface area contributed by atoms with Gasteiger partial charge in [-0.05, 0) is 68.1 Å². The van der Waals surface area contributed by atoms with E-state index in [4.69, 9.17) is 4.74 Å². The maximum absolute atomic E-state index is 13.0. The number of carbonyl (C=O) groups is 1. The van der Waals surface area contributed by atoms with Gasteiger partial charge in [0.05, 0.1) is 18.2 Å². The van der Waals surface area contributed by atoms with Crippen LogP contribution in [0.5, 0.6) is 5.75 Å². The van der Waals surface area contributed by atoms with E-state index in [1.807, 2.05) is 0 Å². The molecule has 3 rings (SSSR count). The van der Waals surface area contributed by atoms with Crippen molar-refractivity contribution in [3.05, 3.63) is 59.2 Å². The van der Waals surface area contributed by atoms with Gasteiger partial charge in [-0.2, -0.15) is 26.3 Å². The normalized spacial score (nSPS) is 19.3. The zero-order valence-electron chi connectivity index (χ0n) is 17.1. The molecule has 1 saturated carbocycles. The number of benzene rings is 2. The van der Waals surface area contributed by atoms with Crippen molar-refractivity contribution in [1.82, 2.24) is 5.32 Å². The molecule has 1 aliphatic carbocycles. The molecule has 0 aromatic heterocycles. The maximum atomic E-state index is 13.0. The molecule has 4 nitrogen and oxygen atoms in total. The van der Waals surface area contributed by atoms with Crippen LogP contribution in [-0.2, 0) is 12.4 Å². The zero-order valence-corrected chi connectivity index (χ0v) is 17.1. The van der Waals surface area contributed by atoms with Crippen molar-refractivity contribution in [3.63, 3.8) is 0 Å². The Morgan fingerprint density at radius 1 is 0.844 bits per heavy atom. The molecule has 0 radical (unpaired) electrons. The molecule has 0 unspecified atom stereocenters. The smallest absolute Gasteiger partial charge is 0.416 e. The molecule has 0 heterocycles. The van der Waals surface area contributed by atoms with Gasteiger partial charge in [0.2, 0.25) is 0 Å². The quantitative estimate of drug-likeness (QED) is 0.548. The number of methoxy groups -OCH3 is 1. The monoisotopic (exact) mass is 460 g/mol. The van der Waals surface area contributed by atoms with Crippen molar-refractivity contribution in [2.24, 2.45) is 0 Å². The fourth-order valence-electron chi connectivity index (χ4n) is 3.67. The standard InChI is InChI=1S/C22H22F6N2O2/c1-32-19-8-2-13(3-9-19)20(31)30-17-6-4-16(5-7-17)29-18-11-14(21(23,24)25)10-15(12-18)22(26,27)28/h2-3,8-12,16-17,29H,4-7H2,1H3,(H,30,31). The van der Waals surface area contributed by atoms with Crippen molar-refractivity contribution in [1.29, 1.82) is 0 Å². The SMILES string of the molecule is COc1ccc(C(=O)NC2CCC(Nc3cc(C(F)(F)F)cc(C(F)(F)F)c3)CC2)cc1. The van der Waals surface area contributed by atoms with Crippen LogP contribution in [0.1, 0.15) is 47.2 Å². The van der Waals surface area contributed by atoms with Gasteiger partial charge in [-0.1, -0.05) is 0 Å². The van der Waals surface area contributed by atoms with E-state index in [2.05, 4.69) is 10.6 Å². The second-order valence-electron chi connectivity index (χ2n) is 7.69. The second kappa shape index (κ2) is 9.30. The van der Waals surface area contributed by atoms with Crippen LogP contribution < -0.4 is 15.4 Å². The first kappa shape index (κ1) is 23.7. The van der Waals surface area contributed by atoms with Crippen LogP contribution in [0.15, 0.2) is 42.5 Å². The lowest BCUT2D eigenvalue weighted by Crippen LogP contribution is -2.40. The van der Waals surface area contributed by atoms with E-state index in [0.29, 0.717) is 49.1 Å². The number of carbonyl (C=O) groups excluding carboxylic acids is 1. The van der Waals surface area contributed by atoms with Crippen LogP contribution in [0.25, 0.3) is 0 Å². The summed E-state index contributed by atoms with van der Waals surface area (Å²) in [5, 5.41) is 5.71. The molecule has 2 N–H and O–H groups in total. The Morgan fingerprint density at radius 2 is 1.34 bits per heavy atom. The van der Waals surface area contributed by atoms with Crippen LogP contribution in [0.4, 0.5) is 32.0 Å². The number of ether oxygens (including phenoxy) is 1. The maximum Gasteiger partial charge on any atom is 0.416 e. The second-order valence-corrected chi connectivity index (χ2v) is 7.69. The van der Waals surface area contributed by atoms with E-state index in [0.717, 1.165) is 0 Å². The van der Waals surface area contributed by atoms with Gasteiger partial charge in [-0.15, -0.1) is 0 Å². The van der Waals surface area contributed by atoms with Gasteiger partial charge >= 0.3 is 12.4 Å². The summed E-state index contributed by atoms with van der Waals surface area (Å²) >= 11 is 0. The third-order valence-corrected chi connectivity index (χ3v) is 5.37. The van der Waals surface area contributed by atoms with Gasteiger partial charge in [-0.3, -0.25) is 4.79 Å². The van der Waals surface area contributed by atoms with Crippen molar-refractivity contribution in [3.8, 4) is 5.75 Å². The van der Waals surface area contributed by atoms with E-state index < -0.39 is 23.5 Å². The number of nitrogens with one attached hydrogen (secondary N) is 2. The number of hydrogen-bond donors (Lipinski definition) is 2. The molecular weight excluding hydrogens is 438 g/mol. The third-order valence-electron chi connectivity index (χ3n) is 5.37. The molecule has 174 valence electrons. The largest absolute Gasteiger partial charge is 0.497 e.